The topological polar surface area (TPSA) is 76.5 Å². The van der Waals surface area contributed by atoms with Gasteiger partial charge in [0.05, 0.1) is 6.61 Å². The molecule has 0 saturated carbocycles. The van der Waals surface area contributed by atoms with Crippen molar-refractivity contribution in [3.8, 4) is 5.88 Å². The number of nitrogens with zero attached hydrogens (tertiary/aromatic N) is 1. The van der Waals surface area contributed by atoms with Crippen LogP contribution in [0.5, 0.6) is 5.88 Å². The standard InChI is InChI=1S/C11H13NO4/c1-8(13)9-4-5-10(12-7-9)16-6-2-3-11(14)15/h4-5,7H,2-3,6H2,1H3,(H,14,15). The molecule has 0 atom stereocenters. The highest BCUT2D eigenvalue weighted by atomic mass is 16.5. The van der Waals surface area contributed by atoms with E-state index in [1.54, 1.807) is 12.1 Å². The van der Waals surface area contributed by atoms with Crippen LogP contribution < -0.4 is 4.74 Å². The number of ether oxygens (including phenoxy) is 1. The molecular weight excluding hydrogens is 210 g/mol. The molecule has 0 radical (unpaired) electrons. The molecule has 86 valence electrons. The fraction of sp³-hybridized carbons (Fsp3) is 0.364. The molecule has 0 unspecified atom stereocenters. The maximum absolute atomic E-state index is 10.9. The summed E-state index contributed by atoms with van der Waals surface area (Å²) in [4.78, 5) is 25.1. The summed E-state index contributed by atoms with van der Waals surface area (Å²) in [7, 11) is 0. The number of aliphatic carboxylic acids is 1. The van der Waals surface area contributed by atoms with Crippen LogP contribution in [0.25, 0.3) is 0 Å². The van der Waals surface area contributed by atoms with Gasteiger partial charge in [-0.05, 0) is 19.4 Å². The fourth-order valence-corrected chi connectivity index (χ4v) is 1.07. The quantitative estimate of drug-likeness (QED) is 0.584. The van der Waals surface area contributed by atoms with E-state index in [2.05, 4.69) is 4.98 Å². The van der Waals surface area contributed by atoms with Crippen molar-refractivity contribution in [1.29, 1.82) is 0 Å². The Labute approximate surface area is 93.1 Å². The third kappa shape index (κ3) is 4.08. The van der Waals surface area contributed by atoms with Gasteiger partial charge in [0.2, 0.25) is 5.88 Å². The summed E-state index contributed by atoms with van der Waals surface area (Å²) in [6.07, 6.45) is 1.95. The summed E-state index contributed by atoms with van der Waals surface area (Å²) in [6.45, 7) is 1.77. The third-order valence-corrected chi connectivity index (χ3v) is 1.93. The Kier molecular flexibility index (Phi) is 4.44. The molecule has 1 aromatic rings. The van der Waals surface area contributed by atoms with Crippen molar-refractivity contribution in [3.05, 3.63) is 23.9 Å². The maximum Gasteiger partial charge on any atom is 0.303 e. The van der Waals surface area contributed by atoms with Crippen molar-refractivity contribution in [2.75, 3.05) is 6.61 Å². The number of carbonyl (C=O) groups excluding carboxylic acids is 1. The van der Waals surface area contributed by atoms with E-state index in [1.807, 2.05) is 0 Å². The molecule has 0 aliphatic carbocycles. The number of hydrogen-bond acceptors (Lipinski definition) is 4. The number of carboxylic acids is 1. The van der Waals surface area contributed by atoms with E-state index in [0.29, 0.717) is 24.5 Å². The Morgan fingerprint density at radius 3 is 2.69 bits per heavy atom. The smallest absolute Gasteiger partial charge is 0.303 e. The highest BCUT2D eigenvalue weighted by molar-refractivity contribution is 5.93. The van der Waals surface area contributed by atoms with Gasteiger partial charge >= 0.3 is 5.97 Å². The van der Waals surface area contributed by atoms with Crippen molar-refractivity contribution in [2.24, 2.45) is 0 Å². The zero-order chi connectivity index (χ0) is 12.0. The zero-order valence-electron chi connectivity index (χ0n) is 8.97. The van der Waals surface area contributed by atoms with Crippen LogP contribution in [0.15, 0.2) is 18.3 Å². The summed E-state index contributed by atoms with van der Waals surface area (Å²) < 4.78 is 5.21. The van der Waals surface area contributed by atoms with Crippen LogP contribution in [0.3, 0.4) is 0 Å². The molecule has 5 heteroatoms. The Morgan fingerprint density at radius 2 is 2.19 bits per heavy atom. The lowest BCUT2D eigenvalue weighted by molar-refractivity contribution is -0.137. The molecule has 0 amide bonds. The lowest BCUT2D eigenvalue weighted by Gasteiger charge is -2.04. The molecule has 0 bridgehead atoms. The van der Waals surface area contributed by atoms with Crippen LogP contribution in [0.1, 0.15) is 30.1 Å². The number of carboxylic acid groups (broad SMARTS) is 1. The lowest BCUT2D eigenvalue weighted by Crippen LogP contribution is -2.03. The summed E-state index contributed by atoms with van der Waals surface area (Å²) in [5.41, 5.74) is 0.526. The number of hydrogen-bond donors (Lipinski definition) is 1. The van der Waals surface area contributed by atoms with Gasteiger partial charge in [0.15, 0.2) is 5.78 Å². The van der Waals surface area contributed by atoms with Crippen molar-refractivity contribution in [2.45, 2.75) is 19.8 Å². The van der Waals surface area contributed by atoms with Crippen LogP contribution in [-0.2, 0) is 4.79 Å². The molecule has 0 saturated heterocycles. The average molecular weight is 223 g/mol. The average Bonchev–Trinajstić information content (AvgIpc) is 2.25. The number of aromatic nitrogens is 1. The van der Waals surface area contributed by atoms with E-state index >= 15 is 0 Å². The van der Waals surface area contributed by atoms with Gasteiger partial charge in [0.25, 0.3) is 0 Å². The first kappa shape index (κ1) is 12.2. The van der Waals surface area contributed by atoms with Crippen LogP contribution in [0.2, 0.25) is 0 Å². The molecule has 5 nitrogen and oxygen atoms in total. The fourth-order valence-electron chi connectivity index (χ4n) is 1.07. The van der Waals surface area contributed by atoms with Crippen LogP contribution in [0.4, 0.5) is 0 Å². The maximum atomic E-state index is 10.9. The van der Waals surface area contributed by atoms with E-state index in [0.717, 1.165) is 0 Å². The molecule has 0 aromatic carbocycles. The molecule has 0 aliphatic rings. The second-order valence-electron chi connectivity index (χ2n) is 3.29. The molecule has 1 N–H and O–H groups in total. The molecular formula is C11H13NO4. The van der Waals surface area contributed by atoms with Crippen LogP contribution >= 0.6 is 0 Å². The van der Waals surface area contributed by atoms with E-state index in [-0.39, 0.29) is 12.2 Å². The van der Waals surface area contributed by atoms with Gasteiger partial charge in [-0.2, -0.15) is 0 Å². The number of ketones is 1. The summed E-state index contributed by atoms with van der Waals surface area (Å²) in [5, 5.41) is 8.40. The first-order chi connectivity index (χ1) is 7.59. The predicted octanol–water partition coefficient (Wildman–Crippen LogP) is 1.53. The Hall–Kier alpha value is -1.91. The highest BCUT2D eigenvalue weighted by Gasteiger charge is 2.01. The van der Waals surface area contributed by atoms with E-state index < -0.39 is 5.97 Å². The largest absolute Gasteiger partial charge is 0.481 e. The Morgan fingerprint density at radius 1 is 1.44 bits per heavy atom. The number of carbonyl (C=O) groups is 2. The molecule has 0 aliphatic heterocycles. The minimum absolute atomic E-state index is 0.0510. The normalized spacial score (nSPS) is 9.81. The predicted molar refractivity (Wildman–Crippen MR) is 56.6 cm³/mol. The second-order valence-corrected chi connectivity index (χ2v) is 3.29. The molecule has 1 rings (SSSR count). The first-order valence-electron chi connectivity index (χ1n) is 4.91. The van der Waals surface area contributed by atoms with E-state index in [9.17, 15) is 9.59 Å². The lowest BCUT2D eigenvalue weighted by atomic mass is 10.2. The molecule has 1 aromatic heterocycles. The summed E-state index contributed by atoms with van der Waals surface area (Å²) in [5.74, 6) is -0.496. The number of Topliss-reactive ketones (excluding diaryl/α,β-unsaturated/α-hetero) is 1. The first-order valence-corrected chi connectivity index (χ1v) is 4.91. The van der Waals surface area contributed by atoms with Crippen molar-refractivity contribution < 1.29 is 19.4 Å². The van der Waals surface area contributed by atoms with Gasteiger partial charge in [0, 0.05) is 24.2 Å². The van der Waals surface area contributed by atoms with E-state index in [4.69, 9.17) is 9.84 Å². The van der Waals surface area contributed by atoms with Gasteiger partial charge in [-0.25, -0.2) is 4.98 Å². The highest BCUT2D eigenvalue weighted by Crippen LogP contribution is 2.08. The van der Waals surface area contributed by atoms with Crippen molar-refractivity contribution in [3.63, 3.8) is 0 Å². The minimum atomic E-state index is -0.844. The van der Waals surface area contributed by atoms with Gasteiger partial charge < -0.3 is 9.84 Å². The molecule has 1 heterocycles. The summed E-state index contributed by atoms with van der Waals surface area (Å²) in [6, 6.07) is 3.22. The monoisotopic (exact) mass is 223 g/mol. The Balaban J connectivity index is 2.38. The van der Waals surface area contributed by atoms with Crippen molar-refractivity contribution in [1.82, 2.24) is 4.98 Å². The summed E-state index contributed by atoms with van der Waals surface area (Å²) >= 11 is 0. The van der Waals surface area contributed by atoms with E-state index in [1.165, 1.54) is 13.1 Å². The van der Waals surface area contributed by atoms with Gasteiger partial charge in [-0.1, -0.05) is 0 Å². The van der Waals surface area contributed by atoms with Crippen LogP contribution in [-0.4, -0.2) is 28.4 Å². The Bertz CT molecular complexity index is 372. The number of rotatable bonds is 6. The van der Waals surface area contributed by atoms with Gasteiger partial charge in [-0.3, -0.25) is 9.59 Å². The number of pyridine rings is 1. The molecule has 16 heavy (non-hydrogen) atoms. The SMILES string of the molecule is CC(=O)c1ccc(OCCCC(=O)O)nc1. The second kappa shape index (κ2) is 5.85. The van der Waals surface area contributed by atoms with Gasteiger partial charge in [-0.15, -0.1) is 0 Å². The molecule has 0 fully saturated rings. The zero-order valence-corrected chi connectivity index (χ0v) is 8.97. The van der Waals surface area contributed by atoms with Gasteiger partial charge in [0.1, 0.15) is 0 Å². The van der Waals surface area contributed by atoms with Crippen molar-refractivity contribution >= 4 is 11.8 Å². The minimum Gasteiger partial charge on any atom is -0.481 e. The van der Waals surface area contributed by atoms with Crippen LogP contribution in [0, 0.1) is 0 Å². The molecule has 0 spiro atoms. The third-order valence-electron chi connectivity index (χ3n) is 1.93.